The third-order valence-electron chi connectivity index (χ3n) is 4.94. The van der Waals surface area contributed by atoms with Gasteiger partial charge in [-0.2, -0.15) is 0 Å². The number of ether oxygens (including phenoxy) is 3. The van der Waals surface area contributed by atoms with Gasteiger partial charge in [-0.3, -0.25) is 4.79 Å². The molecule has 0 atom stereocenters. The Morgan fingerprint density at radius 1 is 1.03 bits per heavy atom. The second kappa shape index (κ2) is 8.16. The van der Waals surface area contributed by atoms with E-state index in [1.807, 2.05) is 18.2 Å². The van der Waals surface area contributed by atoms with E-state index in [2.05, 4.69) is 10.2 Å². The van der Waals surface area contributed by atoms with E-state index in [9.17, 15) is 4.79 Å². The number of anilines is 2. The van der Waals surface area contributed by atoms with Crippen LogP contribution >= 0.6 is 11.3 Å². The molecular weight excluding hydrogens is 390 g/mol. The Labute approximate surface area is 173 Å². The third-order valence-corrected chi connectivity index (χ3v) is 6.02. The number of carbonyl (C=O) groups excluding carboxylic acids is 1. The largest absolute Gasteiger partial charge is 0.493 e. The SMILES string of the molecule is COc1cc(C(=O)Nc2ccc3nc(N4CCCC4)sc3c2)cc(OC)c1OC. The van der Waals surface area contributed by atoms with Gasteiger partial charge in [-0.1, -0.05) is 11.3 Å². The number of aromatic nitrogens is 1. The number of benzene rings is 2. The first-order valence-corrected chi connectivity index (χ1v) is 10.2. The van der Waals surface area contributed by atoms with Gasteiger partial charge in [-0.15, -0.1) is 0 Å². The maximum Gasteiger partial charge on any atom is 0.255 e. The van der Waals surface area contributed by atoms with Crippen LogP contribution in [-0.2, 0) is 0 Å². The fraction of sp³-hybridized carbons (Fsp3) is 0.333. The van der Waals surface area contributed by atoms with Crippen LogP contribution in [0.5, 0.6) is 17.2 Å². The molecule has 0 saturated carbocycles. The Morgan fingerprint density at radius 3 is 2.34 bits per heavy atom. The fourth-order valence-corrected chi connectivity index (χ4v) is 4.51. The molecule has 1 aromatic heterocycles. The summed E-state index contributed by atoms with van der Waals surface area (Å²) in [5, 5.41) is 3.99. The highest BCUT2D eigenvalue weighted by atomic mass is 32.1. The van der Waals surface area contributed by atoms with Crippen molar-refractivity contribution in [2.24, 2.45) is 0 Å². The zero-order chi connectivity index (χ0) is 20.4. The van der Waals surface area contributed by atoms with Crippen molar-refractivity contribution in [2.45, 2.75) is 12.8 Å². The number of nitrogens with one attached hydrogen (secondary N) is 1. The van der Waals surface area contributed by atoms with Crippen LogP contribution in [0.4, 0.5) is 10.8 Å². The van der Waals surface area contributed by atoms with Gasteiger partial charge >= 0.3 is 0 Å². The summed E-state index contributed by atoms with van der Waals surface area (Å²) in [6.07, 6.45) is 2.43. The molecule has 0 radical (unpaired) electrons. The molecule has 8 heteroatoms. The number of methoxy groups -OCH3 is 3. The van der Waals surface area contributed by atoms with Crippen LogP contribution in [0.3, 0.4) is 0 Å². The quantitative estimate of drug-likeness (QED) is 0.654. The average Bonchev–Trinajstić information content (AvgIpc) is 3.41. The second-order valence-corrected chi connectivity index (χ2v) is 7.75. The summed E-state index contributed by atoms with van der Waals surface area (Å²) in [6, 6.07) is 9.03. The van der Waals surface area contributed by atoms with E-state index in [1.165, 1.54) is 34.2 Å². The van der Waals surface area contributed by atoms with E-state index in [4.69, 9.17) is 19.2 Å². The standard InChI is InChI=1S/C21H23N3O4S/c1-26-16-10-13(11-17(27-2)19(16)28-3)20(25)22-14-6-7-15-18(12-14)29-21(23-15)24-8-4-5-9-24/h6-7,10-12H,4-5,8-9H2,1-3H3,(H,22,25). The van der Waals surface area contributed by atoms with Gasteiger partial charge in [-0.05, 0) is 43.2 Å². The summed E-state index contributed by atoms with van der Waals surface area (Å²) in [7, 11) is 4.57. The van der Waals surface area contributed by atoms with E-state index in [0.29, 0.717) is 28.5 Å². The van der Waals surface area contributed by atoms with E-state index in [1.54, 1.807) is 23.5 Å². The van der Waals surface area contributed by atoms with Crippen molar-refractivity contribution >= 4 is 38.3 Å². The van der Waals surface area contributed by atoms with Crippen LogP contribution in [0.1, 0.15) is 23.2 Å². The molecular formula is C21H23N3O4S. The summed E-state index contributed by atoms with van der Waals surface area (Å²) in [6.45, 7) is 2.12. The fourth-order valence-electron chi connectivity index (χ4n) is 3.45. The highest BCUT2D eigenvalue weighted by Crippen LogP contribution is 2.38. The first-order valence-electron chi connectivity index (χ1n) is 9.40. The summed E-state index contributed by atoms with van der Waals surface area (Å²) in [4.78, 5) is 19.9. The molecule has 1 saturated heterocycles. The van der Waals surface area contributed by atoms with Gasteiger partial charge in [0.25, 0.3) is 5.91 Å². The lowest BCUT2D eigenvalue weighted by Gasteiger charge is -2.14. The lowest BCUT2D eigenvalue weighted by Crippen LogP contribution is -2.16. The normalized spacial score (nSPS) is 13.6. The summed E-state index contributed by atoms with van der Waals surface area (Å²) >= 11 is 1.66. The van der Waals surface area contributed by atoms with Crippen molar-refractivity contribution in [2.75, 3.05) is 44.6 Å². The van der Waals surface area contributed by atoms with Gasteiger partial charge in [0, 0.05) is 24.3 Å². The number of carbonyl (C=O) groups is 1. The molecule has 2 aromatic carbocycles. The molecule has 29 heavy (non-hydrogen) atoms. The van der Waals surface area contributed by atoms with Crippen LogP contribution in [-0.4, -0.2) is 45.3 Å². The molecule has 1 aliphatic rings. The highest BCUT2D eigenvalue weighted by molar-refractivity contribution is 7.22. The van der Waals surface area contributed by atoms with Crippen molar-refractivity contribution in [1.29, 1.82) is 0 Å². The van der Waals surface area contributed by atoms with Gasteiger partial charge in [0.05, 0.1) is 31.5 Å². The summed E-state index contributed by atoms with van der Waals surface area (Å²) in [5.41, 5.74) is 2.08. The first kappa shape index (κ1) is 19.3. The minimum absolute atomic E-state index is 0.257. The number of hydrogen-bond acceptors (Lipinski definition) is 7. The van der Waals surface area contributed by atoms with Crippen molar-refractivity contribution in [3.63, 3.8) is 0 Å². The number of thiazole rings is 1. The zero-order valence-corrected chi connectivity index (χ0v) is 17.5. The molecule has 1 amide bonds. The summed E-state index contributed by atoms with van der Waals surface area (Å²) < 4.78 is 17.0. The van der Waals surface area contributed by atoms with Crippen molar-refractivity contribution in [3.05, 3.63) is 35.9 Å². The van der Waals surface area contributed by atoms with Crippen molar-refractivity contribution in [1.82, 2.24) is 4.98 Å². The lowest BCUT2D eigenvalue weighted by atomic mass is 10.1. The Kier molecular flexibility index (Phi) is 5.44. The van der Waals surface area contributed by atoms with Crippen LogP contribution in [0.25, 0.3) is 10.2 Å². The molecule has 0 bridgehead atoms. The van der Waals surface area contributed by atoms with Gasteiger partial charge in [0.2, 0.25) is 5.75 Å². The zero-order valence-electron chi connectivity index (χ0n) is 16.7. The number of fused-ring (bicyclic) bond motifs is 1. The van der Waals surface area contributed by atoms with Gasteiger partial charge in [0.1, 0.15) is 0 Å². The Hall–Kier alpha value is -3.00. The van der Waals surface area contributed by atoms with Crippen LogP contribution in [0.2, 0.25) is 0 Å². The first-order chi connectivity index (χ1) is 14.1. The molecule has 7 nitrogen and oxygen atoms in total. The van der Waals surface area contributed by atoms with Crippen LogP contribution < -0.4 is 24.4 Å². The maximum absolute atomic E-state index is 12.8. The molecule has 4 rings (SSSR count). The Bertz CT molecular complexity index is 1020. The van der Waals surface area contributed by atoms with Gasteiger partial charge in [-0.25, -0.2) is 4.98 Å². The molecule has 0 aliphatic carbocycles. The van der Waals surface area contributed by atoms with Crippen molar-refractivity contribution < 1.29 is 19.0 Å². The molecule has 0 unspecified atom stereocenters. The minimum Gasteiger partial charge on any atom is -0.493 e. The number of nitrogens with zero attached hydrogens (tertiary/aromatic N) is 2. The highest BCUT2D eigenvalue weighted by Gasteiger charge is 2.19. The summed E-state index contributed by atoms with van der Waals surface area (Å²) in [5.74, 6) is 1.07. The molecule has 1 N–H and O–H groups in total. The number of hydrogen-bond donors (Lipinski definition) is 1. The molecule has 152 valence electrons. The average molecular weight is 413 g/mol. The Balaban J connectivity index is 1.58. The molecule has 1 aliphatic heterocycles. The Morgan fingerprint density at radius 2 is 1.72 bits per heavy atom. The maximum atomic E-state index is 12.8. The van der Waals surface area contributed by atoms with E-state index >= 15 is 0 Å². The van der Waals surface area contributed by atoms with E-state index in [-0.39, 0.29) is 5.91 Å². The predicted octanol–water partition coefficient (Wildman–Crippen LogP) is 4.17. The number of rotatable bonds is 6. The molecule has 2 heterocycles. The van der Waals surface area contributed by atoms with E-state index < -0.39 is 0 Å². The van der Waals surface area contributed by atoms with Crippen LogP contribution in [0, 0.1) is 0 Å². The number of amides is 1. The topological polar surface area (TPSA) is 72.9 Å². The predicted molar refractivity (Wildman–Crippen MR) is 115 cm³/mol. The van der Waals surface area contributed by atoms with Crippen molar-refractivity contribution in [3.8, 4) is 17.2 Å². The molecule has 1 fully saturated rings. The van der Waals surface area contributed by atoms with Gasteiger partial charge in [0.15, 0.2) is 16.6 Å². The second-order valence-electron chi connectivity index (χ2n) is 6.74. The third kappa shape index (κ3) is 3.80. The monoisotopic (exact) mass is 413 g/mol. The van der Waals surface area contributed by atoms with Gasteiger partial charge < -0.3 is 24.4 Å². The smallest absolute Gasteiger partial charge is 0.255 e. The van der Waals surface area contributed by atoms with E-state index in [0.717, 1.165) is 28.4 Å². The molecule has 0 spiro atoms. The van der Waals surface area contributed by atoms with Crippen LogP contribution in [0.15, 0.2) is 30.3 Å². The molecule has 3 aromatic rings. The minimum atomic E-state index is -0.257. The lowest BCUT2D eigenvalue weighted by molar-refractivity contribution is 0.102.